The maximum atomic E-state index is 14.5. The number of carbonyl (C=O) groups excluding carboxylic acids is 4. The van der Waals surface area contributed by atoms with Crippen LogP contribution in [0.4, 0.5) is 0 Å². The summed E-state index contributed by atoms with van der Waals surface area (Å²) in [6.45, 7) is 22.8. The van der Waals surface area contributed by atoms with Gasteiger partial charge in [0.05, 0.1) is 0 Å². The van der Waals surface area contributed by atoms with Crippen molar-refractivity contribution in [2.45, 2.75) is 153 Å². The Morgan fingerprint density at radius 1 is 0.761 bits per heavy atom. The van der Waals surface area contributed by atoms with Gasteiger partial charge in [-0.3, -0.25) is 24.9 Å². The van der Waals surface area contributed by atoms with Crippen LogP contribution in [0, 0.1) is 61.2 Å². The molecule has 3 aliphatic heterocycles. The normalized spacial score (nSPS) is 25.3. The molecule has 2 fully saturated rings. The number of allylic oxidation sites excluding steroid dienone is 5. The average molecular weight is 927 g/mol. The molecule has 0 amide bonds. The molecule has 2 N–H and O–H groups in total. The van der Waals surface area contributed by atoms with Crippen LogP contribution in [-0.2, 0) is 19.1 Å². The van der Waals surface area contributed by atoms with E-state index in [1.165, 1.54) is 50.5 Å². The van der Waals surface area contributed by atoms with Crippen LogP contribution in [-0.4, -0.2) is 59.9 Å². The smallest absolute Gasteiger partial charge is 0.664 e. The summed E-state index contributed by atoms with van der Waals surface area (Å²) in [7, 11) is 0. The minimum Gasteiger partial charge on any atom is -0.664 e. The number of ether oxygens (including phenoxy) is 2. The van der Waals surface area contributed by atoms with E-state index in [2.05, 4.69) is 48.5 Å². The third kappa shape index (κ3) is 12.4. The minimum atomic E-state index is -1.32. The zero-order valence-corrected chi connectivity index (χ0v) is 43.8. The standard InChI is InChI=1S/C55H77N5O6.Mg/c1-12-39-34(7)41-28-46-48(38(11)61)36(9)43(58-46)26-42-35(8)40(22-23-47(62)65-25-24-33(6)21-15-20-32(5)19-14-18-31(4)17-13-16-30(2)3)52(59-42)50-51(55(64)66-29-56)54(63)49-37(10)44(60-53(49)50)27-45(39)57-41;/h24,26-28,30-32,34-35,39-40,51H,12-23,25,29,56H2,1-11H3,(H2-2,57,58,59,60,61,63);/q-2;+2/p-2/b33-24-,42-26-,45-27-;/t31-,32-,34-,35+,39-,40+,51-;/m1./s1. The fraction of sp³-hybridized carbons (Fsp3) is 0.600. The molecular weight excluding hydrogens is 851 g/mol. The number of rotatable bonds is 21. The number of Topliss-reactive ketones (excluding diaryl/α,β-unsaturated/α-hetero) is 2. The number of fused-ring (bicyclic) bond motifs is 7. The molecule has 2 aromatic heterocycles. The summed E-state index contributed by atoms with van der Waals surface area (Å²) in [6.07, 6.45) is 20.2. The van der Waals surface area contributed by atoms with Crippen LogP contribution in [0.3, 0.4) is 0 Å². The summed E-state index contributed by atoms with van der Waals surface area (Å²) < 4.78 is 11.1. The van der Waals surface area contributed by atoms with Crippen LogP contribution in [0.25, 0.3) is 34.4 Å². The van der Waals surface area contributed by atoms with E-state index < -0.39 is 30.3 Å². The van der Waals surface area contributed by atoms with E-state index in [0.29, 0.717) is 68.8 Å². The van der Waals surface area contributed by atoms with Gasteiger partial charge in [0.1, 0.15) is 19.3 Å². The Morgan fingerprint density at radius 3 is 2.00 bits per heavy atom. The van der Waals surface area contributed by atoms with Crippen molar-refractivity contribution in [3.05, 3.63) is 90.1 Å². The Kier molecular flexibility index (Phi) is 19.2. The van der Waals surface area contributed by atoms with E-state index in [0.717, 1.165) is 48.1 Å². The Labute approximate surface area is 416 Å². The van der Waals surface area contributed by atoms with E-state index in [4.69, 9.17) is 35.8 Å². The van der Waals surface area contributed by atoms with E-state index in [1.54, 1.807) is 6.92 Å². The average Bonchev–Trinajstić information content (AvgIpc) is 4.00. The molecule has 0 spiro atoms. The fourth-order valence-corrected chi connectivity index (χ4v) is 10.6. The number of aromatic nitrogens is 2. The van der Waals surface area contributed by atoms with Crippen molar-refractivity contribution in [1.82, 2.24) is 9.97 Å². The fourth-order valence-electron chi connectivity index (χ4n) is 10.6. The second kappa shape index (κ2) is 23.9. The van der Waals surface area contributed by atoms with Gasteiger partial charge in [-0.2, -0.15) is 22.8 Å². The monoisotopic (exact) mass is 926 g/mol. The van der Waals surface area contributed by atoms with Crippen LogP contribution in [0.15, 0.2) is 34.4 Å². The summed E-state index contributed by atoms with van der Waals surface area (Å²) in [5.74, 6) is -1.20. The molecule has 11 nitrogen and oxygen atoms in total. The quantitative estimate of drug-likeness (QED) is 0.0320. The van der Waals surface area contributed by atoms with Crippen molar-refractivity contribution in [2.24, 2.45) is 53.1 Å². The van der Waals surface area contributed by atoms with Crippen molar-refractivity contribution >= 4 is 70.4 Å². The zero-order valence-electron chi connectivity index (χ0n) is 42.4. The van der Waals surface area contributed by atoms with E-state index in [9.17, 15) is 19.2 Å². The number of hydrogen-bond acceptors (Lipinski definition) is 7. The Bertz CT molecular complexity index is 2310. The van der Waals surface area contributed by atoms with Crippen molar-refractivity contribution in [2.75, 3.05) is 13.3 Å². The molecule has 12 heteroatoms. The number of esters is 2. The van der Waals surface area contributed by atoms with Gasteiger partial charge in [-0.25, -0.2) is 0 Å². The maximum absolute atomic E-state index is 14.5. The SMILES string of the molecule is CC[C@H]1/C2=C/c3[n-]c4c(c3C)C(=O)[C@H](C(=O)OCN)/C4=C3/[N-]/C(=C\c4[n-]c(c(C(C)=O)c4C)/C=C(\[N-]2)[C@@H]1C)[C@@H](C)[C@@H]3CCC(=O)OC/C=C(/C)CCC[C@H](C)CCC[C@H](C)CCCC(C)C.[Mg+2]. The molecule has 0 radical (unpaired) electrons. The predicted octanol–water partition coefficient (Wildman–Crippen LogP) is 12.2. The molecule has 8 bridgehead atoms. The number of ketones is 2. The van der Waals surface area contributed by atoms with Gasteiger partial charge in [-0.1, -0.05) is 140 Å². The number of hydrogen-bond donors (Lipinski definition) is 1. The molecule has 7 atom stereocenters. The molecule has 360 valence electrons. The molecule has 5 heterocycles. The van der Waals surface area contributed by atoms with Crippen LogP contribution >= 0.6 is 0 Å². The summed E-state index contributed by atoms with van der Waals surface area (Å²) in [6, 6.07) is 0. The van der Waals surface area contributed by atoms with Crippen molar-refractivity contribution in [3.8, 4) is 0 Å². The molecule has 2 saturated heterocycles. The van der Waals surface area contributed by atoms with Gasteiger partial charge in [0.15, 0.2) is 11.6 Å². The van der Waals surface area contributed by atoms with Gasteiger partial charge in [0.25, 0.3) is 0 Å². The van der Waals surface area contributed by atoms with Crippen LogP contribution in [0.5, 0.6) is 0 Å². The predicted molar refractivity (Wildman–Crippen MR) is 270 cm³/mol. The molecule has 4 aliphatic rings. The summed E-state index contributed by atoms with van der Waals surface area (Å²) in [5.41, 5.74) is 14.5. The number of carbonyl (C=O) groups is 4. The van der Waals surface area contributed by atoms with Crippen LogP contribution in [0.1, 0.15) is 194 Å². The molecule has 67 heavy (non-hydrogen) atoms. The first kappa shape index (κ1) is 53.8. The molecule has 6 rings (SSSR count). The Balaban J connectivity index is 0.00000840. The van der Waals surface area contributed by atoms with Crippen molar-refractivity contribution in [1.29, 1.82) is 0 Å². The first-order valence-electron chi connectivity index (χ1n) is 24.9. The Hall–Kier alpha value is -4.13. The molecule has 0 saturated carbocycles. The van der Waals surface area contributed by atoms with E-state index in [1.807, 2.05) is 45.1 Å². The first-order valence-corrected chi connectivity index (χ1v) is 24.9. The summed E-state index contributed by atoms with van der Waals surface area (Å²) in [4.78, 5) is 64.9. The second-order valence-corrected chi connectivity index (χ2v) is 20.3. The van der Waals surface area contributed by atoms with E-state index in [-0.39, 0.29) is 65.6 Å². The van der Waals surface area contributed by atoms with E-state index >= 15 is 0 Å². The molecule has 1 aliphatic carbocycles. The second-order valence-electron chi connectivity index (χ2n) is 20.3. The minimum absolute atomic E-state index is 0. The molecule has 0 unspecified atom stereocenters. The van der Waals surface area contributed by atoms with Crippen LogP contribution < -0.4 is 15.7 Å². The topological polar surface area (TPSA) is 169 Å². The van der Waals surface area contributed by atoms with Gasteiger partial charge in [-0.15, -0.1) is 22.8 Å². The molecule has 2 aromatic rings. The van der Waals surface area contributed by atoms with Gasteiger partial charge in [0, 0.05) is 17.5 Å². The summed E-state index contributed by atoms with van der Waals surface area (Å²) >= 11 is 0. The molecule has 0 aromatic carbocycles. The zero-order chi connectivity index (χ0) is 48.0. The van der Waals surface area contributed by atoms with Gasteiger partial charge >= 0.3 is 35.0 Å². The summed E-state index contributed by atoms with van der Waals surface area (Å²) in [5, 5.41) is 10.3. The largest absolute Gasteiger partial charge is 2.00 e. The number of nitrogens with two attached hydrogens (primary N) is 1. The van der Waals surface area contributed by atoms with Gasteiger partial charge < -0.3 is 30.1 Å². The number of nitrogens with zero attached hydrogens (tertiary/aromatic N) is 4. The van der Waals surface area contributed by atoms with Gasteiger partial charge in [0.2, 0.25) is 0 Å². The maximum Gasteiger partial charge on any atom is 2.00 e. The third-order valence-corrected chi connectivity index (χ3v) is 14.8. The van der Waals surface area contributed by atoms with Crippen molar-refractivity contribution < 1.29 is 28.7 Å². The first-order chi connectivity index (χ1) is 31.4. The van der Waals surface area contributed by atoms with Crippen molar-refractivity contribution in [3.63, 3.8) is 0 Å². The van der Waals surface area contributed by atoms with Gasteiger partial charge in [-0.05, 0) is 94.5 Å². The Morgan fingerprint density at radius 2 is 1.36 bits per heavy atom. The van der Waals surface area contributed by atoms with Crippen LogP contribution in [0.2, 0.25) is 0 Å². The molecular formula is C55H75MgN5O6-2. The third-order valence-electron chi connectivity index (χ3n) is 14.8.